The van der Waals surface area contributed by atoms with E-state index in [-0.39, 0.29) is 4.99 Å². The molecule has 80 valence electrons. The Balaban J connectivity index is 2.62. The molecule has 0 radical (unpaired) electrons. The minimum absolute atomic E-state index is 0.203. The number of thiocarbonyl (C=S) groups is 1. The van der Waals surface area contributed by atoms with Gasteiger partial charge in [0.2, 0.25) is 0 Å². The first-order valence-corrected chi connectivity index (χ1v) is 5.66. The van der Waals surface area contributed by atoms with Gasteiger partial charge >= 0.3 is 0 Å². The number of allylic oxidation sites excluding steroid dienone is 1. The summed E-state index contributed by atoms with van der Waals surface area (Å²) >= 11 is 4.92. The van der Waals surface area contributed by atoms with E-state index in [0.717, 1.165) is 30.4 Å². The summed E-state index contributed by atoms with van der Waals surface area (Å²) in [5, 5.41) is 9.10. The number of nitriles is 1. The highest BCUT2D eigenvalue weighted by Gasteiger charge is 2.18. The van der Waals surface area contributed by atoms with Crippen molar-refractivity contribution >= 4 is 22.8 Å². The Morgan fingerprint density at radius 3 is 2.75 bits per heavy atom. The van der Waals surface area contributed by atoms with Crippen LogP contribution in [0.4, 0.5) is 0 Å². The van der Waals surface area contributed by atoms with Crippen molar-refractivity contribution < 1.29 is 0 Å². The third-order valence-corrected chi connectivity index (χ3v) is 3.08. The maximum atomic E-state index is 9.10. The Labute approximate surface area is 100 Å². The van der Waals surface area contributed by atoms with Crippen LogP contribution < -0.4 is 5.73 Å². The van der Waals surface area contributed by atoms with Crippen molar-refractivity contribution in [2.45, 2.75) is 19.3 Å². The predicted molar refractivity (Wildman–Crippen MR) is 68.7 cm³/mol. The molecule has 1 aromatic rings. The largest absolute Gasteiger partial charge is 0.389 e. The van der Waals surface area contributed by atoms with E-state index in [2.05, 4.69) is 12.1 Å². The minimum Gasteiger partial charge on any atom is -0.389 e. The molecule has 0 unspecified atom stereocenters. The van der Waals surface area contributed by atoms with Gasteiger partial charge in [-0.15, -0.1) is 0 Å². The Kier molecular flexibility index (Phi) is 3.02. The number of hydrogen-bond donors (Lipinski definition) is 1. The zero-order valence-corrected chi connectivity index (χ0v) is 9.68. The lowest BCUT2D eigenvalue weighted by molar-refractivity contribution is 0.821. The third-order valence-electron chi connectivity index (χ3n) is 2.88. The molecule has 0 saturated carbocycles. The Bertz CT molecular complexity index is 509. The first-order valence-electron chi connectivity index (χ1n) is 5.25. The van der Waals surface area contributed by atoms with E-state index in [1.807, 2.05) is 18.2 Å². The smallest absolute Gasteiger partial charge is 0.114 e. The number of aryl methyl sites for hydroxylation is 1. The van der Waals surface area contributed by atoms with Crippen molar-refractivity contribution in [2.24, 2.45) is 5.73 Å². The van der Waals surface area contributed by atoms with Gasteiger partial charge in [0.25, 0.3) is 0 Å². The average Bonchev–Trinajstić information content (AvgIpc) is 2.30. The van der Waals surface area contributed by atoms with Gasteiger partial charge in [-0.2, -0.15) is 5.26 Å². The van der Waals surface area contributed by atoms with Crippen LogP contribution in [0.2, 0.25) is 0 Å². The van der Waals surface area contributed by atoms with Gasteiger partial charge in [0.05, 0.1) is 5.57 Å². The molecular weight excluding hydrogens is 216 g/mol. The molecule has 0 saturated heterocycles. The topological polar surface area (TPSA) is 49.8 Å². The summed E-state index contributed by atoms with van der Waals surface area (Å²) in [6.07, 6.45) is 3.01. The molecule has 3 heteroatoms. The molecule has 0 fully saturated rings. The van der Waals surface area contributed by atoms with E-state index in [9.17, 15) is 0 Å². The van der Waals surface area contributed by atoms with Gasteiger partial charge in [0.15, 0.2) is 0 Å². The molecule has 2 N–H and O–H groups in total. The van der Waals surface area contributed by atoms with Crippen LogP contribution >= 0.6 is 12.2 Å². The lowest BCUT2D eigenvalue weighted by Gasteiger charge is -2.19. The summed E-state index contributed by atoms with van der Waals surface area (Å²) in [6, 6.07) is 10.3. The molecule has 0 atom stereocenters. The van der Waals surface area contributed by atoms with Crippen LogP contribution in [-0.2, 0) is 6.42 Å². The third kappa shape index (κ3) is 1.84. The van der Waals surface area contributed by atoms with Crippen LogP contribution in [0.1, 0.15) is 24.0 Å². The van der Waals surface area contributed by atoms with Gasteiger partial charge in [-0.25, -0.2) is 0 Å². The van der Waals surface area contributed by atoms with Gasteiger partial charge in [0.1, 0.15) is 11.1 Å². The number of benzene rings is 1. The number of rotatable bonds is 1. The normalized spacial score (nSPS) is 17.2. The first kappa shape index (κ1) is 10.8. The Morgan fingerprint density at radius 2 is 2.06 bits per heavy atom. The second-order valence-electron chi connectivity index (χ2n) is 3.84. The molecule has 0 amide bonds. The van der Waals surface area contributed by atoms with Crippen LogP contribution in [-0.4, -0.2) is 4.99 Å². The number of nitrogens with zero attached hydrogens (tertiary/aromatic N) is 1. The predicted octanol–water partition coefficient (Wildman–Crippen LogP) is 2.59. The number of hydrogen-bond acceptors (Lipinski definition) is 2. The fourth-order valence-electron chi connectivity index (χ4n) is 2.15. The molecule has 2 rings (SSSR count). The Hall–Kier alpha value is -1.66. The van der Waals surface area contributed by atoms with Crippen molar-refractivity contribution in [1.29, 1.82) is 5.26 Å². The van der Waals surface area contributed by atoms with Crippen molar-refractivity contribution in [3.63, 3.8) is 0 Å². The monoisotopic (exact) mass is 228 g/mol. The minimum atomic E-state index is 0.203. The van der Waals surface area contributed by atoms with Crippen LogP contribution in [0, 0.1) is 11.3 Å². The summed E-state index contributed by atoms with van der Waals surface area (Å²) in [4.78, 5) is 0.203. The molecule has 0 bridgehead atoms. The van der Waals surface area contributed by atoms with Crippen LogP contribution in [0.3, 0.4) is 0 Å². The quantitative estimate of drug-likeness (QED) is 0.456. The molecule has 0 heterocycles. The standard InChI is InChI=1S/C13H12N2S/c14-8-12(13(15)16)11-7-3-5-9-4-1-2-6-10(9)11/h1-2,4,6H,3,5,7H2,(H2,15,16)/b12-11+. The summed E-state index contributed by atoms with van der Waals surface area (Å²) in [6.45, 7) is 0. The molecule has 0 aliphatic heterocycles. The lowest BCUT2D eigenvalue weighted by atomic mass is 9.85. The highest BCUT2D eigenvalue weighted by Crippen LogP contribution is 2.32. The van der Waals surface area contributed by atoms with Crippen LogP contribution in [0.25, 0.3) is 5.57 Å². The summed E-state index contributed by atoms with van der Waals surface area (Å²) in [5.41, 5.74) is 9.49. The molecular formula is C13H12N2S. The molecule has 0 aromatic heterocycles. The zero-order valence-electron chi connectivity index (χ0n) is 8.86. The van der Waals surface area contributed by atoms with Crippen molar-refractivity contribution in [1.82, 2.24) is 0 Å². The summed E-state index contributed by atoms with van der Waals surface area (Å²) in [5.74, 6) is 0. The van der Waals surface area contributed by atoms with Gasteiger partial charge in [-0.3, -0.25) is 0 Å². The van der Waals surface area contributed by atoms with E-state index in [1.54, 1.807) is 0 Å². The maximum absolute atomic E-state index is 9.10. The fourth-order valence-corrected chi connectivity index (χ4v) is 2.32. The van der Waals surface area contributed by atoms with E-state index >= 15 is 0 Å². The highest BCUT2D eigenvalue weighted by atomic mass is 32.1. The highest BCUT2D eigenvalue weighted by molar-refractivity contribution is 7.80. The van der Waals surface area contributed by atoms with Crippen molar-refractivity contribution in [3.05, 3.63) is 41.0 Å². The molecule has 16 heavy (non-hydrogen) atoms. The molecule has 2 nitrogen and oxygen atoms in total. The van der Waals surface area contributed by atoms with E-state index < -0.39 is 0 Å². The van der Waals surface area contributed by atoms with Crippen molar-refractivity contribution in [2.75, 3.05) is 0 Å². The second kappa shape index (κ2) is 4.46. The van der Waals surface area contributed by atoms with Crippen LogP contribution in [0.15, 0.2) is 29.8 Å². The fraction of sp³-hybridized carbons (Fsp3) is 0.231. The summed E-state index contributed by atoms with van der Waals surface area (Å²) in [7, 11) is 0. The van der Waals surface area contributed by atoms with Gasteiger partial charge in [-0.05, 0) is 36.0 Å². The number of nitrogens with two attached hydrogens (primary N) is 1. The average molecular weight is 228 g/mol. The van der Waals surface area contributed by atoms with Crippen molar-refractivity contribution in [3.8, 4) is 6.07 Å². The van der Waals surface area contributed by atoms with Gasteiger partial charge in [0, 0.05) is 0 Å². The van der Waals surface area contributed by atoms with Gasteiger partial charge < -0.3 is 5.73 Å². The first-order chi connectivity index (χ1) is 7.74. The Morgan fingerprint density at radius 1 is 1.31 bits per heavy atom. The molecule has 1 aliphatic rings. The van der Waals surface area contributed by atoms with E-state index in [1.165, 1.54) is 5.56 Å². The van der Waals surface area contributed by atoms with Gasteiger partial charge in [-0.1, -0.05) is 36.5 Å². The maximum Gasteiger partial charge on any atom is 0.114 e. The molecule has 1 aliphatic carbocycles. The zero-order chi connectivity index (χ0) is 11.5. The van der Waals surface area contributed by atoms with Crippen LogP contribution in [0.5, 0.6) is 0 Å². The number of fused-ring (bicyclic) bond motifs is 1. The molecule has 0 spiro atoms. The lowest BCUT2D eigenvalue weighted by Crippen LogP contribution is -2.14. The van der Waals surface area contributed by atoms with E-state index in [4.69, 9.17) is 23.2 Å². The second-order valence-corrected chi connectivity index (χ2v) is 4.28. The van der Waals surface area contributed by atoms with E-state index in [0.29, 0.717) is 5.57 Å². The molecule has 1 aromatic carbocycles. The summed E-state index contributed by atoms with van der Waals surface area (Å²) < 4.78 is 0. The SMILES string of the molecule is N#C/C(C(N)=S)=C1/CCCc2ccccc21.